The Morgan fingerprint density at radius 3 is 2.48 bits per heavy atom. The van der Waals surface area contributed by atoms with E-state index in [4.69, 9.17) is 10.5 Å². The van der Waals surface area contributed by atoms with Crippen LogP contribution in [0.2, 0.25) is 0 Å². The van der Waals surface area contributed by atoms with Crippen molar-refractivity contribution in [1.82, 2.24) is 4.90 Å². The zero-order valence-electron chi connectivity index (χ0n) is 12.2. The van der Waals surface area contributed by atoms with Gasteiger partial charge in [-0.05, 0) is 44.0 Å². The molecular weight excluding hydrogens is 270 g/mol. The summed E-state index contributed by atoms with van der Waals surface area (Å²) in [6.07, 6.45) is 1.29. The molecule has 0 bridgehead atoms. The molecule has 1 aliphatic heterocycles. The summed E-state index contributed by atoms with van der Waals surface area (Å²) in [4.78, 5) is 25.5. The normalized spacial score (nSPS) is 15.6. The third kappa shape index (κ3) is 4.11. The lowest BCUT2D eigenvalue weighted by molar-refractivity contribution is -0.149. The van der Waals surface area contributed by atoms with E-state index in [2.05, 4.69) is 5.32 Å². The van der Waals surface area contributed by atoms with Crippen LogP contribution in [0.5, 0.6) is 0 Å². The minimum Gasteiger partial charge on any atom is -0.466 e. The maximum atomic E-state index is 12.1. The monoisotopic (exact) mass is 291 g/mol. The molecule has 1 heterocycles. The van der Waals surface area contributed by atoms with Crippen LogP contribution in [0.15, 0.2) is 24.3 Å². The van der Waals surface area contributed by atoms with Gasteiger partial charge >= 0.3 is 12.0 Å². The summed E-state index contributed by atoms with van der Waals surface area (Å²) in [5, 5.41) is 2.82. The molecule has 0 atom stereocenters. The molecule has 1 aliphatic rings. The summed E-state index contributed by atoms with van der Waals surface area (Å²) in [5.41, 5.74) is 6.97. The van der Waals surface area contributed by atoms with Crippen LogP contribution in [0.1, 0.15) is 19.8 Å². The molecule has 1 aromatic rings. The number of piperidine rings is 1. The number of nitrogens with zero attached hydrogens (tertiary/aromatic N) is 1. The fourth-order valence-corrected chi connectivity index (χ4v) is 2.35. The van der Waals surface area contributed by atoms with E-state index in [1.54, 1.807) is 36.1 Å². The number of likely N-dealkylation sites (tertiary alicyclic amines) is 1. The van der Waals surface area contributed by atoms with E-state index in [-0.39, 0.29) is 17.9 Å². The summed E-state index contributed by atoms with van der Waals surface area (Å²) < 4.78 is 5.01. The first-order chi connectivity index (χ1) is 10.1. The molecule has 2 rings (SSSR count). The number of benzene rings is 1. The first-order valence-corrected chi connectivity index (χ1v) is 7.18. The van der Waals surface area contributed by atoms with Crippen molar-refractivity contribution in [1.29, 1.82) is 0 Å². The highest BCUT2D eigenvalue weighted by atomic mass is 16.5. The molecule has 0 saturated carbocycles. The van der Waals surface area contributed by atoms with Crippen molar-refractivity contribution < 1.29 is 14.3 Å². The van der Waals surface area contributed by atoms with Gasteiger partial charge in [-0.2, -0.15) is 0 Å². The van der Waals surface area contributed by atoms with Gasteiger partial charge < -0.3 is 20.7 Å². The molecule has 21 heavy (non-hydrogen) atoms. The molecule has 114 valence electrons. The molecule has 1 aromatic carbocycles. The summed E-state index contributed by atoms with van der Waals surface area (Å²) in [6.45, 7) is 3.32. The van der Waals surface area contributed by atoms with E-state index in [9.17, 15) is 9.59 Å². The fourth-order valence-electron chi connectivity index (χ4n) is 2.35. The number of hydrogen-bond acceptors (Lipinski definition) is 4. The second kappa shape index (κ2) is 6.97. The van der Waals surface area contributed by atoms with Crippen molar-refractivity contribution in [3.05, 3.63) is 24.3 Å². The van der Waals surface area contributed by atoms with Gasteiger partial charge in [0.2, 0.25) is 0 Å². The Hall–Kier alpha value is -2.24. The lowest BCUT2D eigenvalue weighted by Crippen LogP contribution is -2.42. The Morgan fingerprint density at radius 1 is 1.29 bits per heavy atom. The first-order valence-electron chi connectivity index (χ1n) is 7.18. The van der Waals surface area contributed by atoms with Gasteiger partial charge in [0, 0.05) is 24.5 Å². The lowest BCUT2D eigenvalue weighted by atomic mass is 9.97. The highest BCUT2D eigenvalue weighted by Gasteiger charge is 2.28. The lowest BCUT2D eigenvalue weighted by Gasteiger charge is -2.30. The van der Waals surface area contributed by atoms with E-state index in [1.165, 1.54) is 0 Å². The van der Waals surface area contributed by atoms with Gasteiger partial charge in [-0.1, -0.05) is 0 Å². The highest BCUT2D eigenvalue weighted by molar-refractivity contribution is 5.89. The number of nitrogens with one attached hydrogen (secondary N) is 1. The van der Waals surface area contributed by atoms with Crippen molar-refractivity contribution in [2.45, 2.75) is 19.8 Å². The summed E-state index contributed by atoms with van der Waals surface area (Å²) in [6, 6.07) is 6.85. The molecule has 1 fully saturated rings. The van der Waals surface area contributed by atoms with Gasteiger partial charge in [-0.25, -0.2) is 4.79 Å². The smallest absolute Gasteiger partial charge is 0.321 e. The number of nitrogens with two attached hydrogens (primary N) is 1. The minimum absolute atomic E-state index is 0.0921. The molecule has 0 unspecified atom stereocenters. The summed E-state index contributed by atoms with van der Waals surface area (Å²) in [7, 11) is 0. The number of ether oxygens (including phenoxy) is 1. The van der Waals surface area contributed by atoms with Crippen LogP contribution in [-0.4, -0.2) is 36.6 Å². The molecule has 3 N–H and O–H groups in total. The van der Waals surface area contributed by atoms with Crippen LogP contribution in [0.25, 0.3) is 0 Å². The van der Waals surface area contributed by atoms with Crippen molar-refractivity contribution in [3.8, 4) is 0 Å². The standard InChI is InChI=1S/C15H21N3O3/c1-2-21-14(19)11-7-9-18(10-8-11)15(20)17-13-5-3-12(16)4-6-13/h3-6,11H,2,7-10,16H2,1H3,(H,17,20). The van der Waals surface area contributed by atoms with E-state index in [0.717, 1.165) is 0 Å². The SMILES string of the molecule is CCOC(=O)C1CCN(C(=O)Nc2ccc(N)cc2)CC1. The largest absolute Gasteiger partial charge is 0.466 e. The Kier molecular flexibility index (Phi) is 5.03. The fraction of sp³-hybridized carbons (Fsp3) is 0.467. The number of carbonyl (C=O) groups excluding carboxylic acids is 2. The van der Waals surface area contributed by atoms with Gasteiger partial charge in [0.25, 0.3) is 0 Å². The third-order valence-electron chi connectivity index (χ3n) is 3.56. The Morgan fingerprint density at radius 2 is 1.90 bits per heavy atom. The summed E-state index contributed by atoms with van der Waals surface area (Å²) in [5.74, 6) is -0.249. The third-order valence-corrected chi connectivity index (χ3v) is 3.56. The van der Waals surface area contributed by atoms with E-state index in [1.807, 2.05) is 0 Å². The van der Waals surface area contributed by atoms with Crippen LogP contribution in [0, 0.1) is 5.92 Å². The average Bonchev–Trinajstić information content (AvgIpc) is 2.50. The van der Waals surface area contributed by atoms with Crippen molar-refractivity contribution in [2.75, 3.05) is 30.7 Å². The van der Waals surface area contributed by atoms with Gasteiger partial charge in [0.1, 0.15) is 0 Å². The van der Waals surface area contributed by atoms with Crippen LogP contribution in [0.4, 0.5) is 16.2 Å². The topological polar surface area (TPSA) is 84.7 Å². The molecule has 6 nitrogen and oxygen atoms in total. The average molecular weight is 291 g/mol. The number of rotatable bonds is 3. The zero-order valence-corrected chi connectivity index (χ0v) is 12.2. The van der Waals surface area contributed by atoms with E-state index in [0.29, 0.717) is 43.9 Å². The number of esters is 1. The van der Waals surface area contributed by atoms with Crippen LogP contribution >= 0.6 is 0 Å². The summed E-state index contributed by atoms with van der Waals surface area (Å²) >= 11 is 0. The van der Waals surface area contributed by atoms with Crippen molar-refractivity contribution in [2.24, 2.45) is 5.92 Å². The predicted octanol–water partition coefficient (Wildman–Crippen LogP) is 2.08. The molecule has 2 amide bonds. The molecule has 6 heteroatoms. The van der Waals surface area contributed by atoms with Crippen molar-refractivity contribution >= 4 is 23.4 Å². The van der Waals surface area contributed by atoms with Gasteiger partial charge in [-0.15, -0.1) is 0 Å². The molecule has 0 aliphatic carbocycles. The molecule has 1 saturated heterocycles. The molecule has 0 spiro atoms. The minimum atomic E-state index is -0.156. The Balaban J connectivity index is 1.83. The molecule has 0 radical (unpaired) electrons. The number of anilines is 2. The van der Waals surface area contributed by atoms with Crippen LogP contribution < -0.4 is 11.1 Å². The van der Waals surface area contributed by atoms with Crippen LogP contribution in [0.3, 0.4) is 0 Å². The number of amides is 2. The predicted molar refractivity (Wildman–Crippen MR) is 80.8 cm³/mol. The first kappa shape index (κ1) is 15.2. The number of urea groups is 1. The quantitative estimate of drug-likeness (QED) is 0.659. The van der Waals surface area contributed by atoms with Gasteiger partial charge in [0.05, 0.1) is 12.5 Å². The van der Waals surface area contributed by atoms with Crippen molar-refractivity contribution in [3.63, 3.8) is 0 Å². The molecule has 0 aromatic heterocycles. The number of hydrogen-bond donors (Lipinski definition) is 2. The van der Waals surface area contributed by atoms with Gasteiger partial charge in [0.15, 0.2) is 0 Å². The Bertz CT molecular complexity index is 493. The molecular formula is C15H21N3O3. The maximum absolute atomic E-state index is 12.1. The second-order valence-electron chi connectivity index (χ2n) is 5.07. The van der Waals surface area contributed by atoms with Gasteiger partial charge in [-0.3, -0.25) is 4.79 Å². The van der Waals surface area contributed by atoms with Crippen LogP contribution in [-0.2, 0) is 9.53 Å². The van der Waals surface area contributed by atoms with E-state index >= 15 is 0 Å². The second-order valence-corrected chi connectivity index (χ2v) is 5.07. The zero-order chi connectivity index (χ0) is 15.2. The van der Waals surface area contributed by atoms with E-state index < -0.39 is 0 Å². The maximum Gasteiger partial charge on any atom is 0.321 e. The number of carbonyl (C=O) groups is 2. The Labute approximate surface area is 124 Å². The highest BCUT2D eigenvalue weighted by Crippen LogP contribution is 2.20. The number of nitrogen functional groups attached to an aromatic ring is 1.